The highest BCUT2D eigenvalue weighted by Crippen LogP contribution is 1.79. The zero-order chi connectivity index (χ0) is 11.7. The molecule has 0 fully saturated rings. The van der Waals surface area contributed by atoms with Crippen LogP contribution in [0.1, 0.15) is 84.1 Å². The highest BCUT2D eigenvalue weighted by molar-refractivity contribution is 4.99. The third kappa shape index (κ3) is 113. The van der Waals surface area contributed by atoms with Crippen molar-refractivity contribution in [2.24, 2.45) is 0 Å². The van der Waals surface area contributed by atoms with E-state index in [4.69, 9.17) is 0 Å². The van der Waals surface area contributed by atoms with Crippen molar-refractivity contribution in [3.63, 3.8) is 0 Å². The van der Waals surface area contributed by atoms with Crippen LogP contribution in [0.4, 0.5) is 0 Å². The first kappa shape index (κ1) is 43.4. The minimum absolute atomic E-state index is 0. The Kier molecular flexibility index (Phi) is 174. The largest absolute Gasteiger partial charge is 0.0776 e. The van der Waals surface area contributed by atoms with Gasteiger partial charge in [-0.2, -0.15) is 0 Å². The SMILES string of the molecule is C.C.C.C.CC.CCC.CCC.c1ccccc1. The highest BCUT2D eigenvalue weighted by Gasteiger charge is 1.57. The van der Waals surface area contributed by atoms with Gasteiger partial charge < -0.3 is 0 Å². The second kappa shape index (κ2) is 72.1. The van der Waals surface area contributed by atoms with Gasteiger partial charge in [0.15, 0.2) is 0 Å². The zero-order valence-corrected chi connectivity index (χ0v) is 10.9. The Labute approximate surface area is 121 Å². The van der Waals surface area contributed by atoms with Gasteiger partial charge in [-0.05, 0) is 0 Å². The van der Waals surface area contributed by atoms with E-state index in [9.17, 15) is 0 Å². The topological polar surface area (TPSA) is 0 Å². The summed E-state index contributed by atoms with van der Waals surface area (Å²) in [5, 5.41) is 0. The molecule has 0 radical (unpaired) electrons. The summed E-state index contributed by atoms with van der Waals surface area (Å²) in [4.78, 5) is 0. The molecule has 0 atom stereocenters. The van der Waals surface area contributed by atoms with Crippen molar-refractivity contribution in [3.05, 3.63) is 36.4 Å². The Hall–Kier alpha value is -0.780. The molecule has 0 nitrogen and oxygen atoms in total. The van der Waals surface area contributed by atoms with Crippen LogP contribution in [-0.2, 0) is 0 Å². The van der Waals surface area contributed by atoms with E-state index in [1.807, 2.05) is 50.2 Å². The van der Waals surface area contributed by atoms with Gasteiger partial charge >= 0.3 is 0 Å². The predicted octanol–water partition coefficient (Wildman–Crippen LogP) is 8.09. The lowest BCUT2D eigenvalue weighted by Gasteiger charge is -1.69. The number of hydrogen-bond acceptors (Lipinski definition) is 0. The van der Waals surface area contributed by atoms with E-state index in [2.05, 4.69) is 27.7 Å². The van der Waals surface area contributed by atoms with Crippen LogP contribution in [0.5, 0.6) is 0 Å². The second-order valence-electron chi connectivity index (χ2n) is 2.57. The zero-order valence-electron chi connectivity index (χ0n) is 10.9. The summed E-state index contributed by atoms with van der Waals surface area (Å²) < 4.78 is 0. The van der Waals surface area contributed by atoms with E-state index >= 15 is 0 Å². The Bertz CT molecular complexity index is 92.0. The summed E-state index contributed by atoms with van der Waals surface area (Å²) in [6, 6.07) is 12.0. The fourth-order valence-corrected chi connectivity index (χ4v) is 0.385. The Morgan fingerprint density at radius 1 is 0.444 bits per heavy atom. The molecule has 1 aromatic carbocycles. The first-order valence-electron chi connectivity index (χ1n) is 5.83. The minimum atomic E-state index is 0. The van der Waals surface area contributed by atoms with Gasteiger partial charge in [0.05, 0.1) is 0 Å². The molecule has 0 spiro atoms. The molecule has 0 aliphatic rings. The minimum Gasteiger partial charge on any atom is -0.0776 e. The Morgan fingerprint density at radius 3 is 0.556 bits per heavy atom. The summed E-state index contributed by atoms with van der Waals surface area (Å²) in [6.07, 6.45) is 2.50. The fraction of sp³-hybridized carbons (Fsp3) is 0.667. The van der Waals surface area contributed by atoms with Crippen LogP contribution in [-0.4, -0.2) is 0 Å². The fourth-order valence-electron chi connectivity index (χ4n) is 0.385. The van der Waals surface area contributed by atoms with Crippen LogP contribution >= 0.6 is 0 Å². The quantitative estimate of drug-likeness (QED) is 0.442. The maximum absolute atomic E-state index is 2.12. The lowest BCUT2D eigenvalue weighted by Crippen LogP contribution is -1.47. The predicted molar refractivity (Wildman–Crippen MR) is 96.6 cm³/mol. The van der Waals surface area contributed by atoms with E-state index in [0.717, 1.165) is 0 Å². The molecular formula is C18H44. The van der Waals surface area contributed by atoms with Gasteiger partial charge in [0, 0.05) is 0 Å². The molecule has 0 aliphatic heterocycles. The van der Waals surface area contributed by atoms with Crippen molar-refractivity contribution >= 4 is 0 Å². The normalized spacial score (nSPS) is 5.00. The van der Waals surface area contributed by atoms with Gasteiger partial charge in [0.1, 0.15) is 0 Å². The van der Waals surface area contributed by atoms with Crippen molar-refractivity contribution in [1.29, 1.82) is 0 Å². The molecule has 18 heavy (non-hydrogen) atoms. The molecule has 116 valence electrons. The number of benzene rings is 1. The number of rotatable bonds is 0. The molecule has 0 heterocycles. The summed E-state index contributed by atoms with van der Waals surface area (Å²) in [5.41, 5.74) is 0. The van der Waals surface area contributed by atoms with Crippen LogP contribution < -0.4 is 0 Å². The third-order valence-corrected chi connectivity index (χ3v) is 0.667. The van der Waals surface area contributed by atoms with Crippen molar-refractivity contribution < 1.29 is 0 Å². The van der Waals surface area contributed by atoms with E-state index < -0.39 is 0 Å². The van der Waals surface area contributed by atoms with Crippen molar-refractivity contribution in [1.82, 2.24) is 0 Å². The molecule has 0 aliphatic carbocycles. The molecular weight excluding hydrogens is 216 g/mol. The first-order valence-corrected chi connectivity index (χ1v) is 5.83. The van der Waals surface area contributed by atoms with Crippen LogP contribution in [0.15, 0.2) is 36.4 Å². The van der Waals surface area contributed by atoms with E-state index in [-0.39, 0.29) is 29.7 Å². The highest BCUT2D eigenvalue weighted by atomic mass is 13.6. The van der Waals surface area contributed by atoms with Gasteiger partial charge in [-0.25, -0.2) is 0 Å². The molecule has 0 aromatic heterocycles. The first-order chi connectivity index (χ1) is 6.83. The van der Waals surface area contributed by atoms with E-state index in [0.29, 0.717) is 0 Å². The molecule has 0 unspecified atom stereocenters. The molecule has 1 aromatic rings. The maximum atomic E-state index is 2.12. The summed E-state index contributed by atoms with van der Waals surface area (Å²) >= 11 is 0. The van der Waals surface area contributed by atoms with Crippen LogP contribution in [0.2, 0.25) is 0 Å². The molecule has 1 rings (SSSR count). The molecule has 0 bridgehead atoms. The molecule has 0 amide bonds. The lowest BCUT2D eigenvalue weighted by atomic mass is 10.4. The van der Waals surface area contributed by atoms with E-state index in [1.165, 1.54) is 12.8 Å². The molecule has 0 heteroatoms. The molecule has 0 saturated carbocycles. The summed E-state index contributed by atoms with van der Waals surface area (Å²) in [5.74, 6) is 0. The summed E-state index contributed by atoms with van der Waals surface area (Å²) in [6.45, 7) is 12.5. The smallest absolute Gasteiger partial charge is 0.0590 e. The van der Waals surface area contributed by atoms with Gasteiger partial charge in [-0.1, -0.05) is 120 Å². The number of hydrogen-bond donors (Lipinski definition) is 0. The van der Waals surface area contributed by atoms with Crippen LogP contribution in [0.25, 0.3) is 0 Å². The van der Waals surface area contributed by atoms with Gasteiger partial charge in [-0.3, -0.25) is 0 Å². The average molecular weight is 261 g/mol. The van der Waals surface area contributed by atoms with Crippen molar-refractivity contribution in [3.8, 4) is 0 Å². The van der Waals surface area contributed by atoms with Gasteiger partial charge in [0.2, 0.25) is 0 Å². The monoisotopic (exact) mass is 260 g/mol. The van der Waals surface area contributed by atoms with E-state index in [1.54, 1.807) is 0 Å². The summed E-state index contributed by atoms with van der Waals surface area (Å²) in [7, 11) is 0. The second-order valence-corrected chi connectivity index (χ2v) is 2.57. The average Bonchev–Trinajstić information content (AvgIpc) is 2.26. The molecule has 0 N–H and O–H groups in total. The maximum Gasteiger partial charge on any atom is -0.0590 e. The standard InChI is InChI=1S/C6H6.2C3H8.C2H6.4CH4/c1-2-4-6-5-3-1;2*1-3-2;1-2;;;;/h1-6H;2*3H2,1-2H3;1-2H3;4*1H4. The lowest BCUT2D eigenvalue weighted by molar-refractivity contribution is 1.09. The Morgan fingerprint density at radius 2 is 0.500 bits per heavy atom. The van der Waals surface area contributed by atoms with Crippen molar-refractivity contribution in [2.75, 3.05) is 0 Å². The molecule has 0 saturated heterocycles. The van der Waals surface area contributed by atoms with Gasteiger partial charge in [-0.15, -0.1) is 0 Å². The van der Waals surface area contributed by atoms with Crippen molar-refractivity contribution in [2.45, 2.75) is 84.1 Å². The van der Waals surface area contributed by atoms with Gasteiger partial charge in [0.25, 0.3) is 0 Å². The van der Waals surface area contributed by atoms with Crippen LogP contribution in [0, 0.1) is 0 Å². The van der Waals surface area contributed by atoms with Crippen LogP contribution in [0.3, 0.4) is 0 Å². The Balaban J connectivity index is -0.0000000182. The third-order valence-electron chi connectivity index (χ3n) is 0.667.